The fourth-order valence-electron chi connectivity index (χ4n) is 6.96. The van der Waals surface area contributed by atoms with Gasteiger partial charge in [-0.1, -0.05) is 31.3 Å². The molecule has 7 nitrogen and oxygen atoms in total. The number of aliphatic hydroxyl groups is 2. The smallest absolute Gasteiger partial charge is 0.206 e. The summed E-state index contributed by atoms with van der Waals surface area (Å²) >= 11 is 0. The Morgan fingerprint density at radius 1 is 0.974 bits per heavy atom. The number of aromatic hydroxyl groups is 1. The van der Waals surface area contributed by atoms with E-state index in [2.05, 4.69) is 11.8 Å². The number of rotatable bonds is 2. The van der Waals surface area contributed by atoms with Gasteiger partial charge in [0.25, 0.3) is 0 Å². The van der Waals surface area contributed by atoms with Crippen LogP contribution in [0.1, 0.15) is 62.8 Å². The lowest BCUT2D eigenvalue weighted by Crippen LogP contribution is -2.67. The third-order valence-corrected chi connectivity index (χ3v) is 8.57. The van der Waals surface area contributed by atoms with Crippen molar-refractivity contribution in [3.8, 4) is 23.3 Å². The van der Waals surface area contributed by atoms with E-state index in [1.54, 1.807) is 39.2 Å². The van der Waals surface area contributed by atoms with Crippen LogP contribution in [0.2, 0.25) is 0 Å². The molecule has 0 unspecified atom stereocenters. The second kappa shape index (κ2) is 8.69. The molecule has 1 saturated carbocycles. The third-order valence-electron chi connectivity index (χ3n) is 8.57. The van der Waals surface area contributed by atoms with E-state index in [9.17, 15) is 29.7 Å². The minimum Gasteiger partial charge on any atom is -0.507 e. The van der Waals surface area contributed by atoms with Crippen molar-refractivity contribution in [3.63, 3.8) is 0 Å². The van der Waals surface area contributed by atoms with Crippen molar-refractivity contribution >= 4 is 23.1 Å². The zero-order valence-corrected chi connectivity index (χ0v) is 22.6. The largest absolute Gasteiger partial charge is 0.507 e. The quantitative estimate of drug-likeness (QED) is 0.304. The molecule has 0 radical (unpaired) electrons. The molecule has 0 amide bonds. The highest BCUT2D eigenvalue weighted by atomic mass is 16.5. The van der Waals surface area contributed by atoms with Crippen LogP contribution in [-0.2, 0) is 20.8 Å². The molecule has 2 aromatic carbocycles. The highest BCUT2D eigenvalue weighted by Gasteiger charge is 2.69. The van der Waals surface area contributed by atoms with Crippen molar-refractivity contribution < 1.29 is 34.4 Å². The minimum atomic E-state index is -2.50. The van der Waals surface area contributed by atoms with Crippen LogP contribution in [0.5, 0.6) is 11.5 Å². The summed E-state index contributed by atoms with van der Waals surface area (Å²) in [7, 11) is 1.58. The number of hydrogen-bond acceptors (Lipinski definition) is 7. The first kappa shape index (κ1) is 26.5. The number of methoxy groups -OCH3 is 1. The van der Waals surface area contributed by atoms with E-state index in [1.165, 1.54) is 13.0 Å². The third kappa shape index (κ3) is 3.66. The van der Waals surface area contributed by atoms with Gasteiger partial charge in [-0.3, -0.25) is 14.4 Å². The summed E-state index contributed by atoms with van der Waals surface area (Å²) in [5.74, 6) is 3.85. The Hall–Kier alpha value is -4.15. The first-order valence-corrected chi connectivity index (χ1v) is 12.7. The number of ether oxygens (including phenoxy) is 1. The highest BCUT2D eigenvalue weighted by molar-refractivity contribution is 6.33. The van der Waals surface area contributed by atoms with Crippen LogP contribution < -0.4 is 4.74 Å². The number of ketones is 3. The molecule has 1 fully saturated rings. The van der Waals surface area contributed by atoms with Gasteiger partial charge in [-0.15, -0.1) is 0 Å². The summed E-state index contributed by atoms with van der Waals surface area (Å²) in [6.07, 6.45) is 0.615. The van der Waals surface area contributed by atoms with Crippen LogP contribution in [-0.4, -0.2) is 45.4 Å². The number of phenols is 1. The Bertz CT molecular complexity index is 1600. The number of benzene rings is 2. The van der Waals surface area contributed by atoms with Gasteiger partial charge in [0, 0.05) is 27.5 Å². The van der Waals surface area contributed by atoms with Crippen LogP contribution >= 0.6 is 0 Å². The second-order valence-electron chi connectivity index (χ2n) is 11.4. The van der Waals surface area contributed by atoms with Gasteiger partial charge in [-0.2, -0.15) is 0 Å². The summed E-state index contributed by atoms with van der Waals surface area (Å²) in [6, 6.07) is 10.3. The fraction of sp³-hybridized carbons (Fsp3) is 0.344. The van der Waals surface area contributed by atoms with Crippen LogP contribution in [0.4, 0.5) is 0 Å². The normalized spacial score (nSPS) is 27.7. The number of phenolic OH excluding ortho intramolecular Hbond substituents is 1. The van der Waals surface area contributed by atoms with Crippen LogP contribution in [0.25, 0.3) is 5.76 Å². The summed E-state index contributed by atoms with van der Waals surface area (Å²) in [6.45, 7) is 6.42. The van der Waals surface area contributed by atoms with Gasteiger partial charge in [0.1, 0.15) is 17.3 Å². The Morgan fingerprint density at radius 2 is 1.64 bits per heavy atom. The summed E-state index contributed by atoms with van der Waals surface area (Å²) in [5.41, 5.74) is -2.44. The summed E-state index contributed by atoms with van der Waals surface area (Å²) < 4.78 is 5.19. The van der Waals surface area contributed by atoms with E-state index in [1.807, 2.05) is 19.1 Å². The molecule has 3 aliphatic carbocycles. The lowest BCUT2D eigenvalue weighted by molar-refractivity contribution is -0.171. The molecule has 3 atom stereocenters. The Morgan fingerprint density at radius 3 is 2.26 bits per heavy atom. The minimum absolute atomic E-state index is 0.0614. The monoisotopic (exact) mass is 526 g/mol. The predicted molar refractivity (Wildman–Crippen MR) is 144 cm³/mol. The molecule has 2 aromatic rings. The molecule has 0 heterocycles. The SMILES string of the molecule is COc1ccc(C#Cc2ccc(O)c3c2C[C@]2(C)C[C@]4(C)CC(C)=C(C(C)=O)C(=O)[C@]4(O)C(=O)C2=C3O)cc1. The molecule has 3 N–H and O–H groups in total. The molecule has 0 spiro atoms. The number of hydrogen-bond donors (Lipinski definition) is 3. The van der Waals surface area contributed by atoms with E-state index in [0.717, 1.165) is 5.56 Å². The van der Waals surface area contributed by atoms with Gasteiger partial charge in [0.15, 0.2) is 11.4 Å². The molecule has 7 heteroatoms. The highest BCUT2D eigenvalue weighted by Crippen LogP contribution is 2.62. The molecule has 5 rings (SSSR count). The van der Waals surface area contributed by atoms with Crippen LogP contribution in [0.3, 0.4) is 0 Å². The first-order chi connectivity index (χ1) is 18.3. The summed E-state index contributed by atoms with van der Waals surface area (Å²) in [4.78, 5) is 39.9. The molecular weight excluding hydrogens is 496 g/mol. The average molecular weight is 527 g/mol. The van der Waals surface area contributed by atoms with E-state index in [0.29, 0.717) is 22.4 Å². The summed E-state index contributed by atoms with van der Waals surface area (Å²) in [5, 5.41) is 34.0. The van der Waals surface area contributed by atoms with E-state index >= 15 is 0 Å². The van der Waals surface area contributed by atoms with Gasteiger partial charge in [-0.25, -0.2) is 0 Å². The molecule has 0 aromatic heterocycles. The van der Waals surface area contributed by atoms with Crippen molar-refractivity contribution in [2.24, 2.45) is 10.8 Å². The lowest BCUT2D eigenvalue weighted by atomic mass is 9.46. The fourth-order valence-corrected chi connectivity index (χ4v) is 6.96. The van der Waals surface area contributed by atoms with E-state index in [-0.39, 0.29) is 41.7 Å². The van der Waals surface area contributed by atoms with Crippen molar-refractivity contribution in [3.05, 3.63) is 75.4 Å². The van der Waals surface area contributed by atoms with Gasteiger partial charge >= 0.3 is 0 Å². The molecule has 39 heavy (non-hydrogen) atoms. The first-order valence-electron chi connectivity index (χ1n) is 12.7. The zero-order valence-electron chi connectivity index (χ0n) is 22.6. The molecule has 200 valence electrons. The van der Waals surface area contributed by atoms with E-state index < -0.39 is 39.5 Å². The van der Waals surface area contributed by atoms with Crippen molar-refractivity contribution in [1.82, 2.24) is 0 Å². The molecular formula is C32H30O7. The zero-order chi connectivity index (χ0) is 28.5. The van der Waals surface area contributed by atoms with Crippen molar-refractivity contribution in [2.75, 3.05) is 7.11 Å². The predicted octanol–water partition coefficient (Wildman–Crippen LogP) is 4.22. The number of Topliss-reactive ketones (excluding diaryl/α,β-unsaturated/α-hetero) is 3. The topological polar surface area (TPSA) is 121 Å². The number of fused-ring (bicyclic) bond motifs is 3. The standard InChI is InChI=1S/C32H30O7/c1-17-14-31(4)16-30(3)15-22-20(9-6-19-7-11-21(39-5)12-8-19)10-13-23(34)25(22)27(35)26(30)29(37)32(31,38)28(36)24(17)18(2)33/h7-8,10-13,34-35,38H,14-16H2,1-5H3/t30-,31+,32+/m1/s1. The van der Waals surface area contributed by atoms with E-state index in [4.69, 9.17) is 4.74 Å². The number of carbonyl (C=O) groups excluding carboxylic acids is 3. The maximum atomic E-state index is 14.0. The number of allylic oxidation sites excluding steroid dienone is 1. The van der Waals surface area contributed by atoms with Crippen LogP contribution in [0, 0.1) is 22.7 Å². The van der Waals surface area contributed by atoms with Gasteiger partial charge in [-0.05, 0) is 75.1 Å². The van der Waals surface area contributed by atoms with Gasteiger partial charge in [0.05, 0.1) is 18.2 Å². The molecule has 0 saturated heterocycles. The van der Waals surface area contributed by atoms with Gasteiger partial charge < -0.3 is 20.1 Å². The molecule has 0 aliphatic heterocycles. The maximum Gasteiger partial charge on any atom is 0.206 e. The van der Waals surface area contributed by atoms with Crippen LogP contribution in [0.15, 0.2) is 53.1 Å². The second-order valence-corrected chi connectivity index (χ2v) is 11.4. The van der Waals surface area contributed by atoms with Crippen molar-refractivity contribution in [1.29, 1.82) is 0 Å². The Labute approximate surface area is 226 Å². The van der Waals surface area contributed by atoms with Crippen molar-refractivity contribution in [2.45, 2.75) is 52.6 Å². The average Bonchev–Trinajstić information content (AvgIpc) is 2.85. The molecule has 0 bridgehead atoms. The Kier molecular flexibility index (Phi) is 5.89. The number of aliphatic hydroxyl groups excluding tert-OH is 1. The number of carbonyl (C=O) groups is 3. The Balaban J connectivity index is 1.67. The maximum absolute atomic E-state index is 14.0. The molecule has 3 aliphatic rings. The lowest BCUT2D eigenvalue weighted by Gasteiger charge is -2.56. The van der Waals surface area contributed by atoms with Gasteiger partial charge in [0.2, 0.25) is 11.6 Å².